The number of aryl methyl sites for hydroxylation is 1. The van der Waals surface area contributed by atoms with Crippen molar-refractivity contribution >= 4 is 5.91 Å². The van der Waals surface area contributed by atoms with Crippen molar-refractivity contribution in [3.05, 3.63) is 107 Å². The Kier molecular flexibility index (Phi) is 6.80. The van der Waals surface area contributed by atoms with Gasteiger partial charge in [-0.2, -0.15) is 0 Å². The molecule has 160 valence electrons. The van der Waals surface area contributed by atoms with E-state index in [0.29, 0.717) is 19.5 Å². The fraction of sp³-hybridized carbons (Fsp3) is 0.296. The first-order valence-electron chi connectivity index (χ1n) is 11.1. The van der Waals surface area contributed by atoms with Gasteiger partial charge in [0.25, 0.3) is 0 Å². The predicted octanol–water partition coefficient (Wildman–Crippen LogP) is 3.80. The Hall–Kier alpha value is -2.95. The van der Waals surface area contributed by atoms with E-state index in [1.807, 2.05) is 17.0 Å². The molecular formula is C27H31N3O. The van der Waals surface area contributed by atoms with Gasteiger partial charge in [-0.3, -0.25) is 9.69 Å². The molecule has 3 aromatic carbocycles. The lowest BCUT2D eigenvalue weighted by Crippen LogP contribution is -2.54. The van der Waals surface area contributed by atoms with Gasteiger partial charge in [0, 0.05) is 26.2 Å². The molecule has 0 aliphatic carbocycles. The number of piperazine rings is 1. The first kappa shape index (κ1) is 21.3. The number of hydrogen-bond donors (Lipinski definition) is 1. The Morgan fingerprint density at radius 3 is 1.97 bits per heavy atom. The van der Waals surface area contributed by atoms with Crippen LogP contribution in [0.25, 0.3) is 0 Å². The summed E-state index contributed by atoms with van der Waals surface area (Å²) < 4.78 is 0. The summed E-state index contributed by atoms with van der Waals surface area (Å²) in [6.07, 6.45) is 0.581. The maximum absolute atomic E-state index is 13.0. The van der Waals surface area contributed by atoms with E-state index in [1.54, 1.807) is 0 Å². The van der Waals surface area contributed by atoms with Crippen LogP contribution in [-0.2, 0) is 11.2 Å². The average Bonchev–Trinajstić information content (AvgIpc) is 2.81. The summed E-state index contributed by atoms with van der Waals surface area (Å²) in [5, 5.41) is 0. The Labute approximate surface area is 185 Å². The Bertz CT molecular complexity index is 942. The monoisotopic (exact) mass is 413 g/mol. The van der Waals surface area contributed by atoms with Crippen LogP contribution in [0, 0.1) is 6.92 Å². The number of rotatable bonds is 6. The minimum absolute atomic E-state index is 0.0529. The van der Waals surface area contributed by atoms with Crippen LogP contribution in [0.5, 0.6) is 0 Å². The number of hydrogen-bond acceptors (Lipinski definition) is 3. The molecule has 1 unspecified atom stereocenters. The second-order valence-corrected chi connectivity index (χ2v) is 8.38. The molecule has 4 rings (SSSR count). The lowest BCUT2D eigenvalue weighted by atomic mass is 9.96. The summed E-state index contributed by atoms with van der Waals surface area (Å²) in [4.78, 5) is 17.4. The smallest absolute Gasteiger partial charge is 0.239 e. The molecule has 31 heavy (non-hydrogen) atoms. The number of nitrogens with zero attached hydrogens (tertiary/aromatic N) is 2. The van der Waals surface area contributed by atoms with Gasteiger partial charge in [-0.25, -0.2) is 0 Å². The maximum Gasteiger partial charge on any atom is 0.239 e. The molecule has 1 aliphatic rings. The van der Waals surface area contributed by atoms with E-state index in [1.165, 1.54) is 16.7 Å². The summed E-state index contributed by atoms with van der Waals surface area (Å²) in [6.45, 7) is 5.13. The third-order valence-corrected chi connectivity index (χ3v) is 6.08. The molecule has 1 fully saturated rings. The summed E-state index contributed by atoms with van der Waals surface area (Å²) in [6, 6.07) is 29.2. The molecule has 0 bridgehead atoms. The van der Waals surface area contributed by atoms with E-state index in [9.17, 15) is 4.79 Å². The second kappa shape index (κ2) is 9.90. The van der Waals surface area contributed by atoms with Crippen molar-refractivity contribution in [1.29, 1.82) is 0 Å². The largest absolute Gasteiger partial charge is 0.339 e. The van der Waals surface area contributed by atoms with Crippen LogP contribution in [-0.4, -0.2) is 47.9 Å². The van der Waals surface area contributed by atoms with Crippen molar-refractivity contribution in [1.82, 2.24) is 9.80 Å². The summed E-state index contributed by atoms with van der Waals surface area (Å²) in [5.41, 5.74) is 11.2. The molecule has 4 heteroatoms. The molecule has 0 aromatic heterocycles. The highest BCUT2D eigenvalue weighted by Crippen LogP contribution is 2.29. The lowest BCUT2D eigenvalue weighted by Gasteiger charge is -2.40. The van der Waals surface area contributed by atoms with Gasteiger partial charge in [0.1, 0.15) is 0 Å². The molecule has 1 heterocycles. The van der Waals surface area contributed by atoms with Gasteiger partial charge in [0.05, 0.1) is 12.1 Å². The quantitative estimate of drug-likeness (QED) is 0.669. The van der Waals surface area contributed by atoms with Crippen LogP contribution < -0.4 is 5.73 Å². The SMILES string of the molecule is Cc1cccc(CC(N)C(=O)N2CCN(C(c3ccccc3)c3ccccc3)CC2)c1. The summed E-state index contributed by atoms with van der Waals surface area (Å²) in [7, 11) is 0. The van der Waals surface area contributed by atoms with Gasteiger partial charge < -0.3 is 10.6 Å². The van der Waals surface area contributed by atoms with E-state index in [0.717, 1.165) is 18.7 Å². The van der Waals surface area contributed by atoms with Crippen molar-refractivity contribution in [3.8, 4) is 0 Å². The maximum atomic E-state index is 13.0. The summed E-state index contributed by atoms with van der Waals surface area (Å²) in [5.74, 6) is 0.0529. The van der Waals surface area contributed by atoms with Gasteiger partial charge in [-0.05, 0) is 30.0 Å². The van der Waals surface area contributed by atoms with Gasteiger partial charge >= 0.3 is 0 Å². The molecule has 1 saturated heterocycles. The van der Waals surface area contributed by atoms with Crippen LogP contribution in [0.1, 0.15) is 28.3 Å². The van der Waals surface area contributed by atoms with E-state index in [-0.39, 0.29) is 11.9 Å². The van der Waals surface area contributed by atoms with Crippen LogP contribution >= 0.6 is 0 Å². The highest BCUT2D eigenvalue weighted by molar-refractivity contribution is 5.82. The van der Waals surface area contributed by atoms with Crippen molar-refractivity contribution in [3.63, 3.8) is 0 Å². The number of nitrogens with two attached hydrogens (primary N) is 1. The van der Waals surface area contributed by atoms with Crippen LogP contribution in [0.2, 0.25) is 0 Å². The fourth-order valence-corrected chi connectivity index (χ4v) is 4.50. The zero-order valence-corrected chi connectivity index (χ0v) is 18.2. The minimum Gasteiger partial charge on any atom is -0.339 e. The third kappa shape index (κ3) is 5.22. The average molecular weight is 414 g/mol. The number of amides is 1. The lowest BCUT2D eigenvalue weighted by molar-refractivity contribution is -0.134. The predicted molar refractivity (Wildman–Crippen MR) is 126 cm³/mol. The van der Waals surface area contributed by atoms with Crippen molar-refractivity contribution in [2.24, 2.45) is 5.73 Å². The molecular weight excluding hydrogens is 382 g/mol. The Balaban J connectivity index is 1.42. The standard InChI is InChI=1S/C27H31N3O/c1-21-9-8-10-22(19-21)20-25(28)27(31)30-17-15-29(16-18-30)26(23-11-4-2-5-12-23)24-13-6-3-7-14-24/h2-14,19,25-26H,15-18,20,28H2,1H3. The van der Waals surface area contributed by atoms with Crippen LogP contribution in [0.3, 0.4) is 0 Å². The van der Waals surface area contributed by atoms with E-state index in [2.05, 4.69) is 84.6 Å². The molecule has 1 amide bonds. The van der Waals surface area contributed by atoms with Gasteiger partial charge in [0.15, 0.2) is 0 Å². The van der Waals surface area contributed by atoms with Crippen LogP contribution in [0.15, 0.2) is 84.9 Å². The summed E-state index contributed by atoms with van der Waals surface area (Å²) >= 11 is 0. The van der Waals surface area contributed by atoms with Crippen molar-refractivity contribution < 1.29 is 4.79 Å². The first-order valence-corrected chi connectivity index (χ1v) is 11.1. The number of carbonyl (C=O) groups is 1. The Morgan fingerprint density at radius 1 is 0.839 bits per heavy atom. The van der Waals surface area contributed by atoms with E-state index in [4.69, 9.17) is 5.73 Å². The van der Waals surface area contributed by atoms with E-state index < -0.39 is 6.04 Å². The highest BCUT2D eigenvalue weighted by Gasteiger charge is 2.30. The van der Waals surface area contributed by atoms with Gasteiger partial charge in [-0.15, -0.1) is 0 Å². The third-order valence-electron chi connectivity index (χ3n) is 6.08. The molecule has 1 atom stereocenters. The number of benzene rings is 3. The molecule has 0 saturated carbocycles. The van der Waals surface area contributed by atoms with Gasteiger partial charge in [-0.1, -0.05) is 90.5 Å². The molecule has 2 N–H and O–H groups in total. The van der Waals surface area contributed by atoms with Crippen LogP contribution in [0.4, 0.5) is 0 Å². The zero-order chi connectivity index (χ0) is 21.6. The first-order chi connectivity index (χ1) is 15.1. The molecule has 1 aliphatic heterocycles. The normalized spacial score (nSPS) is 15.8. The second-order valence-electron chi connectivity index (χ2n) is 8.38. The van der Waals surface area contributed by atoms with Gasteiger partial charge in [0.2, 0.25) is 5.91 Å². The molecule has 4 nitrogen and oxygen atoms in total. The molecule has 0 spiro atoms. The minimum atomic E-state index is -0.493. The zero-order valence-electron chi connectivity index (χ0n) is 18.2. The molecule has 3 aromatic rings. The van der Waals surface area contributed by atoms with E-state index >= 15 is 0 Å². The van der Waals surface area contributed by atoms with Crippen molar-refractivity contribution in [2.75, 3.05) is 26.2 Å². The Morgan fingerprint density at radius 2 is 1.42 bits per heavy atom. The fourth-order valence-electron chi connectivity index (χ4n) is 4.50. The number of carbonyl (C=O) groups excluding carboxylic acids is 1. The molecule has 0 radical (unpaired) electrons. The topological polar surface area (TPSA) is 49.6 Å². The van der Waals surface area contributed by atoms with Crippen molar-refractivity contribution in [2.45, 2.75) is 25.4 Å². The highest BCUT2D eigenvalue weighted by atomic mass is 16.2.